The van der Waals surface area contributed by atoms with Gasteiger partial charge in [0.15, 0.2) is 0 Å². The summed E-state index contributed by atoms with van der Waals surface area (Å²) in [5.41, 5.74) is 8.94. The third kappa shape index (κ3) is 3.49. The van der Waals surface area contributed by atoms with Crippen molar-refractivity contribution in [3.63, 3.8) is 0 Å². The lowest BCUT2D eigenvalue weighted by Gasteiger charge is -2.44. The zero-order valence-corrected chi connectivity index (χ0v) is 13.3. The van der Waals surface area contributed by atoms with Gasteiger partial charge >= 0.3 is 0 Å². The van der Waals surface area contributed by atoms with E-state index in [9.17, 15) is 0 Å². The Kier molecular flexibility index (Phi) is 4.46. The van der Waals surface area contributed by atoms with Crippen LogP contribution in [0.2, 0.25) is 0 Å². The molecule has 3 nitrogen and oxygen atoms in total. The van der Waals surface area contributed by atoms with Crippen LogP contribution in [0.4, 0.5) is 5.69 Å². The number of rotatable bonds is 4. The van der Waals surface area contributed by atoms with E-state index in [2.05, 4.69) is 77.4 Å². The summed E-state index contributed by atoms with van der Waals surface area (Å²) in [5.74, 6) is 0. The number of nitrogens with zero attached hydrogens (tertiary/aromatic N) is 2. The van der Waals surface area contributed by atoms with Gasteiger partial charge in [0.2, 0.25) is 0 Å². The molecule has 0 aliphatic carbocycles. The van der Waals surface area contributed by atoms with E-state index in [4.69, 9.17) is 5.73 Å². The van der Waals surface area contributed by atoms with E-state index in [-0.39, 0.29) is 5.66 Å². The standard InChI is InChI=1S/C19H25N3/c1-19(20,16-17-8-4-2-5-9-17)22-14-12-21(13-15-22)18-10-6-3-7-11-18/h2-11H,12-16,20H2,1H3. The Morgan fingerprint density at radius 2 is 1.41 bits per heavy atom. The second-order valence-corrected chi connectivity index (χ2v) is 6.33. The van der Waals surface area contributed by atoms with Gasteiger partial charge in [-0.25, -0.2) is 0 Å². The van der Waals surface area contributed by atoms with Crippen LogP contribution < -0.4 is 10.6 Å². The minimum atomic E-state index is -0.288. The number of anilines is 1. The zero-order valence-electron chi connectivity index (χ0n) is 13.3. The van der Waals surface area contributed by atoms with Gasteiger partial charge in [-0.15, -0.1) is 0 Å². The van der Waals surface area contributed by atoms with Crippen molar-refractivity contribution in [1.82, 2.24) is 4.90 Å². The highest BCUT2D eigenvalue weighted by Gasteiger charge is 2.30. The molecular formula is C19H25N3. The predicted octanol–water partition coefficient (Wildman–Crippen LogP) is 2.73. The van der Waals surface area contributed by atoms with Crippen LogP contribution in [-0.4, -0.2) is 36.7 Å². The Balaban J connectivity index is 1.60. The molecule has 3 rings (SSSR count). The summed E-state index contributed by atoms with van der Waals surface area (Å²) >= 11 is 0. The molecule has 2 N–H and O–H groups in total. The first-order valence-electron chi connectivity index (χ1n) is 8.03. The van der Waals surface area contributed by atoms with Gasteiger partial charge in [-0.2, -0.15) is 0 Å². The van der Waals surface area contributed by atoms with E-state index in [0.717, 1.165) is 32.6 Å². The second-order valence-electron chi connectivity index (χ2n) is 6.33. The highest BCUT2D eigenvalue weighted by Crippen LogP contribution is 2.21. The van der Waals surface area contributed by atoms with Gasteiger partial charge < -0.3 is 10.6 Å². The fraction of sp³-hybridized carbons (Fsp3) is 0.368. The van der Waals surface area contributed by atoms with Gasteiger partial charge in [-0.1, -0.05) is 48.5 Å². The first-order chi connectivity index (χ1) is 10.6. The van der Waals surface area contributed by atoms with Gasteiger partial charge in [0, 0.05) is 38.3 Å². The normalized spacial score (nSPS) is 18.9. The third-order valence-electron chi connectivity index (χ3n) is 4.53. The summed E-state index contributed by atoms with van der Waals surface area (Å²) in [6.07, 6.45) is 0.888. The SMILES string of the molecule is CC(N)(Cc1ccccc1)N1CCN(c2ccccc2)CC1. The lowest BCUT2D eigenvalue weighted by atomic mass is 9.99. The summed E-state index contributed by atoms with van der Waals surface area (Å²) in [6, 6.07) is 21.2. The Morgan fingerprint density at radius 1 is 0.864 bits per heavy atom. The second kappa shape index (κ2) is 6.51. The average Bonchev–Trinajstić information content (AvgIpc) is 2.56. The summed E-state index contributed by atoms with van der Waals surface area (Å²) in [6.45, 7) is 6.23. The molecule has 0 saturated carbocycles. The minimum absolute atomic E-state index is 0.288. The topological polar surface area (TPSA) is 32.5 Å². The van der Waals surface area contributed by atoms with E-state index < -0.39 is 0 Å². The molecule has 22 heavy (non-hydrogen) atoms. The minimum Gasteiger partial charge on any atom is -0.369 e. The molecule has 1 heterocycles. The molecule has 1 saturated heterocycles. The number of benzene rings is 2. The molecule has 2 aromatic carbocycles. The van der Waals surface area contributed by atoms with Gasteiger partial charge in [-0.05, 0) is 24.6 Å². The quantitative estimate of drug-likeness (QED) is 0.941. The molecule has 0 radical (unpaired) electrons. The molecule has 0 spiro atoms. The molecule has 2 aromatic rings. The van der Waals surface area contributed by atoms with Gasteiger partial charge in [0.05, 0.1) is 5.66 Å². The molecule has 1 aliphatic rings. The Bertz CT molecular complexity index is 572. The van der Waals surface area contributed by atoms with Crippen molar-refractivity contribution >= 4 is 5.69 Å². The molecule has 116 valence electrons. The van der Waals surface area contributed by atoms with Crippen LogP contribution in [0.15, 0.2) is 60.7 Å². The first kappa shape index (κ1) is 15.1. The molecule has 3 heteroatoms. The number of nitrogens with two attached hydrogens (primary N) is 1. The van der Waals surface area contributed by atoms with Crippen molar-refractivity contribution in [3.05, 3.63) is 66.2 Å². The maximum atomic E-state index is 6.62. The van der Waals surface area contributed by atoms with Crippen LogP contribution in [0, 0.1) is 0 Å². The van der Waals surface area contributed by atoms with Crippen molar-refractivity contribution in [2.75, 3.05) is 31.1 Å². The van der Waals surface area contributed by atoms with E-state index >= 15 is 0 Å². The lowest BCUT2D eigenvalue weighted by molar-refractivity contribution is 0.101. The van der Waals surface area contributed by atoms with Gasteiger partial charge in [0.25, 0.3) is 0 Å². The van der Waals surface area contributed by atoms with E-state index in [1.165, 1.54) is 11.3 Å². The molecule has 0 bridgehead atoms. The van der Waals surface area contributed by atoms with Crippen molar-refractivity contribution in [2.45, 2.75) is 19.0 Å². The molecule has 1 unspecified atom stereocenters. The number of hydrogen-bond acceptors (Lipinski definition) is 3. The average molecular weight is 295 g/mol. The monoisotopic (exact) mass is 295 g/mol. The van der Waals surface area contributed by atoms with Crippen LogP contribution in [0.1, 0.15) is 12.5 Å². The summed E-state index contributed by atoms with van der Waals surface area (Å²) in [4.78, 5) is 4.86. The highest BCUT2D eigenvalue weighted by atomic mass is 15.3. The van der Waals surface area contributed by atoms with E-state index in [1.807, 2.05) is 0 Å². The Labute approximate surface area is 133 Å². The van der Waals surface area contributed by atoms with Crippen LogP contribution in [0.25, 0.3) is 0 Å². The van der Waals surface area contributed by atoms with Gasteiger partial charge in [0.1, 0.15) is 0 Å². The fourth-order valence-electron chi connectivity index (χ4n) is 3.24. The number of piperazine rings is 1. The summed E-state index contributed by atoms with van der Waals surface area (Å²) in [7, 11) is 0. The van der Waals surface area contributed by atoms with Crippen molar-refractivity contribution in [1.29, 1.82) is 0 Å². The third-order valence-corrected chi connectivity index (χ3v) is 4.53. The Morgan fingerprint density at radius 3 is 2.00 bits per heavy atom. The van der Waals surface area contributed by atoms with E-state index in [1.54, 1.807) is 0 Å². The molecule has 1 atom stereocenters. The van der Waals surface area contributed by atoms with Crippen molar-refractivity contribution in [3.8, 4) is 0 Å². The Hall–Kier alpha value is -1.84. The van der Waals surface area contributed by atoms with Crippen molar-refractivity contribution in [2.24, 2.45) is 5.73 Å². The zero-order chi connectivity index (χ0) is 15.4. The molecule has 0 amide bonds. The highest BCUT2D eigenvalue weighted by molar-refractivity contribution is 5.46. The summed E-state index contributed by atoms with van der Waals surface area (Å²) in [5, 5.41) is 0. The molecule has 1 aliphatic heterocycles. The largest absolute Gasteiger partial charge is 0.369 e. The first-order valence-corrected chi connectivity index (χ1v) is 8.03. The number of para-hydroxylation sites is 1. The fourth-order valence-corrected chi connectivity index (χ4v) is 3.24. The van der Waals surface area contributed by atoms with Crippen molar-refractivity contribution < 1.29 is 0 Å². The maximum Gasteiger partial charge on any atom is 0.0700 e. The smallest absolute Gasteiger partial charge is 0.0700 e. The molecule has 1 fully saturated rings. The predicted molar refractivity (Wildman–Crippen MR) is 93.0 cm³/mol. The van der Waals surface area contributed by atoms with Crippen LogP contribution in [0.3, 0.4) is 0 Å². The maximum absolute atomic E-state index is 6.62. The van der Waals surface area contributed by atoms with Crippen LogP contribution >= 0.6 is 0 Å². The van der Waals surface area contributed by atoms with Crippen LogP contribution in [0.5, 0.6) is 0 Å². The summed E-state index contributed by atoms with van der Waals surface area (Å²) < 4.78 is 0. The molecule has 0 aromatic heterocycles. The van der Waals surface area contributed by atoms with Crippen LogP contribution in [-0.2, 0) is 6.42 Å². The van der Waals surface area contributed by atoms with E-state index in [0.29, 0.717) is 0 Å². The molecular weight excluding hydrogens is 270 g/mol. The van der Waals surface area contributed by atoms with Gasteiger partial charge in [-0.3, -0.25) is 4.90 Å². The number of hydrogen-bond donors (Lipinski definition) is 1. The lowest BCUT2D eigenvalue weighted by Crippen LogP contribution is -2.61.